The molecule has 0 N–H and O–H groups in total. The maximum absolute atomic E-state index is 12.1. The summed E-state index contributed by atoms with van der Waals surface area (Å²) in [5, 5.41) is 0.414. The van der Waals surface area contributed by atoms with Gasteiger partial charge >= 0.3 is 0 Å². The first-order valence-corrected chi connectivity index (χ1v) is 8.60. The topological polar surface area (TPSA) is 51.2 Å². The van der Waals surface area contributed by atoms with E-state index >= 15 is 0 Å². The Hall–Kier alpha value is -1.65. The fraction of sp³-hybridized carbons (Fsp3) is 0.188. The molecule has 0 spiro atoms. The molecule has 0 unspecified atom stereocenters. The number of aryl methyl sites for hydroxylation is 1. The van der Waals surface area contributed by atoms with E-state index in [1.165, 1.54) is 6.07 Å². The predicted octanol–water partition coefficient (Wildman–Crippen LogP) is 3.45. The Bertz CT molecular complexity index is 767. The van der Waals surface area contributed by atoms with Gasteiger partial charge in [-0.2, -0.15) is 0 Å². The van der Waals surface area contributed by atoms with Crippen molar-refractivity contribution in [1.82, 2.24) is 0 Å². The zero-order chi connectivity index (χ0) is 15.5. The molecule has 0 radical (unpaired) electrons. The minimum absolute atomic E-state index is 0.138. The molecule has 0 aliphatic heterocycles. The van der Waals surface area contributed by atoms with Crippen LogP contribution >= 0.6 is 11.6 Å². The number of hydrogen-bond donors (Lipinski definition) is 0. The summed E-state index contributed by atoms with van der Waals surface area (Å²) in [5.74, 6) is -1.09. The molecule has 21 heavy (non-hydrogen) atoms. The van der Waals surface area contributed by atoms with Gasteiger partial charge in [0.15, 0.2) is 15.6 Å². The normalized spacial score (nSPS) is 11.3. The van der Waals surface area contributed by atoms with E-state index < -0.39 is 21.4 Å². The molecule has 0 fully saturated rings. The summed E-state index contributed by atoms with van der Waals surface area (Å²) in [6, 6.07) is 13.6. The van der Waals surface area contributed by atoms with Crippen LogP contribution in [0.1, 0.15) is 21.5 Å². The van der Waals surface area contributed by atoms with E-state index in [2.05, 4.69) is 0 Å². The molecule has 0 heterocycles. The first-order chi connectivity index (χ1) is 9.85. The number of hydrogen-bond acceptors (Lipinski definition) is 3. The van der Waals surface area contributed by atoms with Crippen LogP contribution in [0, 0.1) is 6.92 Å². The minimum atomic E-state index is -3.50. The van der Waals surface area contributed by atoms with Crippen molar-refractivity contribution < 1.29 is 13.2 Å². The molecule has 0 aliphatic rings. The van der Waals surface area contributed by atoms with Crippen LogP contribution in [0.3, 0.4) is 0 Å². The highest BCUT2D eigenvalue weighted by Gasteiger charge is 2.19. The van der Waals surface area contributed by atoms with Gasteiger partial charge in [-0.25, -0.2) is 8.42 Å². The third-order valence-electron chi connectivity index (χ3n) is 2.97. The Labute approximate surface area is 129 Å². The van der Waals surface area contributed by atoms with Crippen LogP contribution in [0.5, 0.6) is 0 Å². The Morgan fingerprint density at radius 2 is 1.81 bits per heavy atom. The second kappa shape index (κ2) is 6.41. The maximum Gasteiger partial charge on any atom is 0.177 e. The fourth-order valence-electron chi connectivity index (χ4n) is 2.05. The van der Waals surface area contributed by atoms with E-state index in [1.54, 1.807) is 36.4 Å². The molecule has 2 aromatic carbocycles. The van der Waals surface area contributed by atoms with Crippen molar-refractivity contribution in [1.29, 1.82) is 0 Å². The van der Waals surface area contributed by atoms with Gasteiger partial charge in [-0.05, 0) is 24.6 Å². The van der Waals surface area contributed by atoms with Gasteiger partial charge in [-0.1, -0.05) is 53.6 Å². The monoisotopic (exact) mass is 322 g/mol. The molecule has 2 aromatic rings. The van der Waals surface area contributed by atoms with Gasteiger partial charge in [0.05, 0.1) is 5.75 Å². The predicted molar refractivity (Wildman–Crippen MR) is 84.5 cm³/mol. The van der Waals surface area contributed by atoms with Crippen LogP contribution in [-0.2, 0) is 15.6 Å². The highest BCUT2D eigenvalue weighted by molar-refractivity contribution is 7.91. The van der Waals surface area contributed by atoms with Gasteiger partial charge < -0.3 is 0 Å². The SMILES string of the molecule is Cc1cccc(CS(=O)(=O)CC(=O)c2cccc(Cl)c2)c1. The molecule has 110 valence electrons. The molecule has 3 nitrogen and oxygen atoms in total. The lowest BCUT2D eigenvalue weighted by Gasteiger charge is -2.05. The number of carbonyl (C=O) groups is 1. The lowest BCUT2D eigenvalue weighted by Crippen LogP contribution is -2.18. The van der Waals surface area contributed by atoms with E-state index in [9.17, 15) is 13.2 Å². The summed E-state index contributed by atoms with van der Waals surface area (Å²) in [6.45, 7) is 1.90. The molecule has 2 rings (SSSR count). The van der Waals surface area contributed by atoms with E-state index in [1.807, 2.05) is 13.0 Å². The molecule has 0 atom stereocenters. The molecular weight excluding hydrogens is 308 g/mol. The molecule has 0 saturated heterocycles. The smallest absolute Gasteiger partial charge is 0.177 e. The van der Waals surface area contributed by atoms with Crippen molar-refractivity contribution in [3.8, 4) is 0 Å². The van der Waals surface area contributed by atoms with E-state index in [-0.39, 0.29) is 5.75 Å². The summed E-state index contributed by atoms with van der Waals surface area (Å²) < 4.78 is 24.3. The maximum atomic E-state index is 12.1. The number of halogens is 1. The quantitative estimate of drug-likeness (QED) is 0.792. The third kappa shape index (κ3) is 4.69. The first kappa shape index (κ1) is 15.7. The highest BCUT2D eigenvalue weighted by atomic mass is 35.5. The van der Waals surface area contributed by atoms with Crippen LogP contribution in [0.4, 0.5) is 0 Å². The van der Waals surface area contributed by atoms with Crippen molar-refractivity contribution in [3.05, 3.63) is 70.2 Å². The highest BCUT2D eigenvalue weighted by Crippen LogP contribution is 2.14. The number of rotatable bonds is 5. The van der Waals surface area contributed by atoms with Crippen LogP contribution < -0.4 is 0 Å². The number of carbonyl (C=O) groups excluding carboxylic acids is 1. The van der Waals surface area contributed by atoms with Gasteiger partial charge in [0.2, 0.25) is 0 Å². The van der Waals surface area contributed by atoms with Crippen LogP contribution in [0.25, 0.3) is 0 Å². The van der Waals surface area contributed by atoms with Gasteiger partial charge in [0.1, 0.15) is 5.75 Å². The van der Waals surface area contributed by atoms with Gasteiger partial charge in [-0.15, -0.1) is 0 Å². The molecule has 0 aliphatic carbocycles. The first-order valence-electron chi connectivity index (χ1n) is 6.40. The van der Waals surface area contributed by atoms with E-state index in [0.717, 1.165) is 5.56 Å². The number of Topliss-reactive ketones (excluding diaryl/α,β-unsaturated/α-hetero) is 1. The lowest BCUT2D eigenvalue weighted by molar-refractivity contribution is 0.102. The Balaban J connectivity index is 2.12. The molecule has 0 saturated carbocycles. The van der Waals surface area contributed by atoms with E-state index in [4.69, 9.17) is 11.6 Å². The number of benzene rings is 2. The number of sulfone groups is 1. The third-order valence-corrected chi connectivity index (χ3v) is 4.68. The van der Waals surface area contributed by atoms with Gasteiger partial charge in [0, 0.05) is 10.6 Å². The van der Waals surface area contributed by atoms with Crippen molar-refractivity contribution in [2.75, 3.05) is 5.75 Å². The van der Waals surface area contributed by atoms with Crippen LogP contribution in [0.15, 0.2) is 48.5 Å². The van der Waals surface area contributed by atoms with E-state index in [0.29, 0.717) is 16.1 Å². The molecule has 0 amide bonds. The molecule has 5 heteroatoms. The standard InChI is InChI=1S/C16H15ClO3S/c1-12-4-2-5-13(8-12)10-21(19,20)11-16(18)14-6-3-7-15(17)9-14/h2-9H,10-11H2,1H3. The zero-order valence-corrected chi connectivity index (χ0v) is 13.1. The summed E-state index contributed by atoms with van der Waals surface area (Å²) in [5.41, 5.74) is 1.99. The largest absolute Gasteiger partial charge is 0.293 e. The molecule has 0 bridgehead atoms. The van der Waals surface area contributed by atoms with Crippen LogP contribution in [0.2, 0.25) is 5.02 Å². The second-order valence-corrected chi connectivity index (χ2v) is 7.46. The molecule has 0 aromatic heterocycles. The zero-order valence-electron chi connectivity index (χ0n) is 11.5. The van der Waals surface area contributed by atoms with Crippen molar-refractivity contribution >= 4 is 27.2 Å². The summed E-state index contributed by atoms with van der Waals surface area (Å²) >= 11 is 5.81. The Morgan fingerprint density at radius 1 is 1.10 bits per heavy atom. The van der Waals surface area contributed by atoms with Crippen molar-refractivity contribution in [2.45, 2.75) is 12.7 Å². The summed E-state index contributed by atoms with van der Waals surface area (Å²) in [4.78, 5) is 12.0. The van der Waals surface area contributed by atoms with Gasteiger partial charge in [-0.3, -0.25) is 4.79 Å². The lowest BCUT2D eigenvalue weighted by atomic mass is 10.1. The second-order valence-electron chi connectivity index (χ2n) is 4.95. The summed E-state index contributed by atoms with van der Waals surface area (Å²) in [6.07, 6.45) is 0. The van der Waals surface area contributed by atoms with Crippen LogP contribution in [-0.4, -0.2) is 20.0 Å². The van der Waals surface area contributed by atoms with Crippen molar-refractivity contribution in [3.63, 3.8) is 0 Å². The van der Waals surface area contributed by atoms with Crippen molar-refractivity contribution in [2.24, 2.45) is 0 Å². The minimum Gasteiger partial charge on any atom is -0.293 e. The fourth-order valence-corrected chi connectivity index (χ4v) is 3.60. The van der Waals surface area contributed by atoms with Gasteiger partial charge in [0.25, 0.3) is 0 Å². The molecular formula is C16H15ClO3S. The average Bonchev–Trinajstić information content (AvgIpc) is 2.37. The summed E-state index contributed by atoms with van der Waals surface area (Å²) in [7, 11) is -3.50. The number of ketones is 1. The average molecular weight is 323 g/mol. The Kier molecular flexibility index (Phi) is 4.80. The Morgan fingerprint density at radius 3 is 2.48 bits per heavy atom.